The van der Waals surface area contributed by atoms with Gasteiger partial charge in [-0.1, -0.05) is 44.2 Å². The second kappa shape index (κ2) is 6.93. The highest BCUT2D eigenvalue weighted by atomic mass is 15.2. The van der Waals surface area contributed by atoms with Crippen molar-refractivity contribution in [1.29, 1.82) is 0 Å². The van der Waals surface area contributed by atoms with Crippen molar-refractivity contribution in [3.8, 4) is 0 Å². The summed E-state index contributed by atoms with van der Waals surface area (Å²) in [6, 6.07) is 12.5. The molecule has 0 radical (unpaired) electrons. The summed E-state index contributed by atoms with van der Waals surface area (Å²) in [5, 5.41) is 3.51. The van der Waals surface area contributed by atoms with E-state index in [2.05, 4.69) is 75.4 Å². The number of hydrogen-bond donors (Lipinski definition) is 1. The molecule has 0 aromatic heterocycles. The molecule has 118 valence electrons. The maximum Gasteiger partial charge on any atom is 0.0472 e. The van der Waals surface area contributed by atoms with Crippen LogP contribution in [0, 0.1) is 5.41 Å². The van der Waals surface area contributed by atoms with Crippen LogP contribution in [0.4, 0.5) is 0 Å². The van der Waals surface area contributed by atoms with E-state index in [0.717, 1.165) is 6.04 Å². The van der Waals surface area contributed by atoms with Crippen LogP contribution in [0.3, 0.4) is 0 Å². The zero-order chi connectivity index (χ0) is 15.5. The van der Waals surface area contributed by atoms with Crippen LogP contribution < -0.4 is 5.32 Å². The summed E-state index contributed by atoms with van der Waals surface area (Å²) in [5.74, 6) is 0. The van der Waals surface area contributed by atoms with Gasteiger partial charge < -0.3 is 5.32 Å². The highest BCUT2D eigenvalue weighted by Gasteiger charge is 2.32. The first-order valence-electron chi connectivity index (χ1n) is 8.39. The molecule has 0 saturated heterocycles. The number of rotatable bonds is 5. The van der Waals surface area contributed by atoms with Crippen LogP contribution in [0.15, 0.2) is 30.3 Å². The van der Waals surface area contributed by atoms with Gasteiger partial charge in [-0.2, -0.15) is 0 Å². The second-order valence-electron chi connectivity index (χ2n) is 7.48. The summed E-state index contributed by atoms with van der Waals surface area (Å²) >= 11 is 0. The Kier molecular flexibility index (Phi) is 5.45. The molecule has 1 aromatic carbocycles. The van der Waals surface area contributed by atoms with Gasteiger partial charge in [0.15, 0.2) is 0 Å². The number of hydrogen-bond acceptors (Lipinski definition) is 2. The van der Waals surface area contributed by atoms with Crippen LogP contribution in [-0.2, 0) is 0 Å². The lowest BCUT2D eigenvalue weighted by molar-refractivity contribution is 0.0857. The molecule has 1 aliphatic carbocycles. The second-order valence-corrected chi connectivity index (χ2v) is 7.48. The summed E-state index contributed by atoms with van der Waals surface area (Å²) < 4.78 is 0. The van der Waals surface area contributed by atoms with E-state index in [-0.39, 0.29) is 0 Å². The van der Waals surface area contributed by atoms with Crippen LogP contribution in [0.5, 0.6) is 0 Å². The minimum Gasteiger partial charge on any atom is -0.312 e. The molecule has 2 heteroatoms. The SMILES string of the molecule is CNC(c1ccccc1)C(C)N(C)C1CCC(C)(C)CC1. The highest BCUT2D eigenvalue weighted by molar-refractivity contribution is 5.20. The molecule has 0 bridgehead atoms. The molecule has 1 saturated carbocycles. The smallest absolute Gasteiger partial charge is 0.0472 e. The highest BCUT2D eigenvalue weighted by Crippen LogP contribution is 2.37. The molecule has 0 spiro atoms. The maximum absolute atomic E-state index is 3.51. The van der Waals surface area contributed by atoms with E-state index in [9.17, 15) is 0 Å². The monoisotopic (exact) mass is 288 g/mol. The summed E-state index contributed by atoms with van der Waals surface area (Å²) in [6.45, 7) is 7.17. The predicted octanol–water partition coefficient (Wildman–Crippen LogP) is 4.24. The predicted molar refractivity (Wildman–Crippen MR) is 91.5 cm³/mol. The van der Waals surface area contributed by atoms with E-state index in [1.807, 2.05) is 0 Å². The molecule has 1 aromatic rings. The van der Waals surface area contributed by atoms with E-state index in [1.165, 1.54) is 31.2 Å². The summed E-state index contributed by atoms with van der Waals surface area (Å²) in [7, 11) is 4.38. The van der Waals surface area contributed by atoms with E-state index < -0.39 is 0 Å². The van der Waals surface area contributed by atoms with Gasteiger partial charge in [0, 0.05) is 18.1 Å². The Balaban J connectivity index is 2.02. The largest absolute Gasteiger partial charge is 0.312 e. The van der Waals surface area contributed by atoms with Gasteiger partial charge in [-0.3, -0.25) is 4.90 Å². The fourth-order valence-electron chi connectivity index (χ4n) is 3.71. The standard InChI is InChI=1S/C19H32N2/c1-15(18(20-4)16-9-7-6-8-10-16)21(5)17-11-13-19(2,3)14-12-17/h6-10,15,17-18,20H,11-14H2,1-5H3. The number of nitrogens with zero attached hydrogens (tertiary/aromatic N) is 1. The molecule has 1 N–H and O–H groups in total. The molecule has 0 amide bonds. The van der Waals surface area contributed by atoms with E-state index >= 15 is 0 Å². The quantitative estimate of drug-likeness (QED) is 0.872. The van der Waals surface area contributed by atoms with E-state index in [1.54, 1.807) is 0 Å². The van der Waals surface area contributed by atoms with Crippen molar-refractivity contribution in [3.05, 3.63) is 35.9 Å². The Bertz CT molecular complexity index is 416. The van der Waals surface area contributed by atoms with E-state index in [0.29, 0.717) is 17.5 Å². The summed E-state index contributed by atoms with van der Waals surface area (Å²) in [5.41, 5.74) is 1.93. The first-order valence-corrected chi connectivity index (χ1v) is 8.39. The van der Waals surface area contributed by atoms with Gasteiger partial charge in [0.05, 0.1) is 0 Å². The molecule has 21 heavy (non-hydrogen) atoms. The van der Waals surface area contributed by atoms with Crippen LogP contribution in [0.1, 0.15) is 58.1 Å². The maximum atomic E-state index is 3.51. The third-order valence-electron chi connectivity index (χ3n) is 5.48. The Hall–Kier alpha value is -0.860. The van der Waals surface area contributed by atoms with Crippen LogP contribution >= 0.6 is 0 Å². The zero-order valence-electron chi connectivity index (χ0n) is 14.4. The molecular weight excluding hydrogens is 256 g/mol. The van der Waals surface area contributed by atoms with Gasteiger partial charge in [-0.05, 0) is 57.7 Å². The molecule has 2 atom stereocenters. The van der Waals surface area contributed by atoms with Crippen molar-refractivity contribution in [1.82, 2.24) is 10.2 Å². The molecule has 0 aliphatic heterocycles. The van der Waals surface area contributed by atoms with Crippen LogP contribution in [-0.4, -0.2) is 31.1 Å². The van der Waals surface area contributed by atoms with Gasteiger partial charge in [0.1, 0.15) is 0 Å². The van der Waals surface area contributed by atoms with E-state index in [4.69, 9.17) is 0 Å². The number of benzene rings is 1. The third kappa shape index (κ3) is 4.08. The van der Waals surface area contributed by atoms with Crippen molar-refractivity contribution in [3.63, 3.8) is 0 Å². The van der Waals surface area contributed by atoms with Crippen molar-refractivity contribution in [2.24, 2.45) is 5.41 Å². The topological polar surface area (TPSA) is 15.3 Å². The molecule has 1 aliphatic rings. The van der Waals surface area contributed by atoms with Gasteiger partial charge >= 0.3 is 0 Å². The van der Waals surface area contributed by atoms with Crippen LogP contribution in [0.25, 0.3) is 0 Å². The molecule has 2 rings (SSSR count). The Morgan fingerprint density at radius 1 is 1.14 bits per heavy atom. The average Bonchev–Trinajstić information content (AvgIpc) is 2.48. The first-order chi connectivity index (χ1) is 9.94. The fraction of sp³-hybridized carbons (Fsp3) is 0.684. The molecular formula is C19H32N2. The fourth-order valence-corrected chi connectivity index (χ4v) is 3.71. The Labute approximate surface area is 130 Å². The molecule has 0 heterocycles. The summed E-state index contributed by atoms with van der Waals surface area (Å²) in [6.07, 6.45) is 5.37. The van der Waals surface area contributed by atoms with Crippen molar-refractivity contribution in [2.45, 2.75) is 64.6 Å². The van der Waals surface area contributed by atoms with Crippen molar-refractivity contribution >= 4 is 0 Å². The lowest BCUT2D eigenvalue weighted by Gasteiger charge is -2.43. The average molecular weight is 288 g/mol. The summed E-state index contributed by atoms with van der Waals surface area (Å²) in [4.78, 5) is 2.60. The minimum absolute atomic E-state index is 0.395. The van der Waals surface area contributed by atoms with Gasteiger partial charge in [0.25, 0.3) is 0 Å². The number of likely N-dealkylation sites (N-methyl/N-ethyl adjacent to an activating group) is 2. The van der Waals surface area contributed by atoms with Crippen molar-refractivity contribution in [2.75, 3.05) is 14.1 Å². The van der Waals surface area contributed by atoms with Gasteiger partial charge in [0.2, 0.25) is 0 Å². The Morgan fingerprint density at radius 3 is 2.24 bits per heavy atom. The van der Waals surface area contributed by atoms with Gasteiger partial charge in [-0.25, -0.2) is 0 Å². The lowest BCUT2D eigenvalue weighted by atomic mass is 9.75. The molecule has 1 fully saturated rings. The number of nitrogens with one attached hydrogen (secondary N) is 1. The van der Waals surface area contributed by atoms with Gasteiger partial charge in [-0.15, -0.1) is 0 Å². The minimum atomic E-state index is 0.395. The lowest BCUT2D eigenvalue weighted by Crippen LogP contribution is -2.47. The third-order valence-corrected chi connectivity index (χ3v) is 5.48. The molecule has 2 nitrogen and oxygen atoms in total. The molecule has 2 unspecified atom stereocenters. The van der Waals surface area contributed by atoms with Crippen LogP contribution in [0.2, 0.25) is 0 Å². The van der Waals surface area contributed by atoms with Crippen molar-refractivity contribution < 1.29 is 0 Å². The first kappa shape index (κ1) is 16.5. The zero-order valence-corrected chi connectivity index (χ0v) is 14.4. The Morgan fingerprint density at radius 2 is 1.71 bits per heavy atom. The normalized spacial score (nSPS) is 22.2.